The van der Waals surface area contributed by atoms with E-state index in [1.54, 1.807) is 24.3 Å². The number of urea groups is 1. The van der Waals surface area contributed by atoms with Crippen LogP contribution in [0.4, 0.5) is 10.5 Å². The number of ether oxygens (including phenoxy) is 1. The summed E-state index contributed by atoms with van der Waals surface area (Å²) in [6, 6.07) is 14.0. The number of aliphatic hydroxyl groups excluding tert-OH is 1. The molecule has 23 heavy (non-hydrogen) atoms. The van der Waals surface area contributed by atoms with Crippen LogP contribution in [0.5, 0.6) is 5.75 Å². The van der Waals surface area contributed by atoms with Crippen molar-refractivity contribution in [1.29, 1.82) is 0 Å². The third-order valence-electron chi connectivity index (χ3n) is 3.13. The summed E-state index contributed by atoms with van der Waals surface area (Å²) in [6.45, 7) is 2.05. The van der Waals surface area contributed by atoms with Crippen LogP contribution in [0.1, 0.15) is 5.56 Å². The fourth-order valence-electron chi connectivity index (χ4n) is 1.87. The summed E-state index contributed by atoms with van der Waals surface area (Å²) < 4.78 is 5.41. The Balaban J connectivity index is 1.74. The summed E-state index contributed by atoms with van der Waals surface area (Å²) >= 11 is 5.90. The fourth-order valence-corrected chi connectivity index (χ4v) is 2.05. The van der Waals surface area contributed by atoms with Gasteiger partial charge in [-0.2, -0.15) is 0 Å². The first-order chi connectivity index (χ1) is 11.0. The largest absolute Gasteiger partial charge is 0.491 e. The lowest BCUT2D eigenvalue weighted by Gasteiger charge is -2.14. The Labute approximate surface area is 140 Å². The van der Waals surface area contributed by atoms with E-state index >= 15 is 0 Å². The summed E-state index contributed by atoms with van der Waals surface area (Å²) in [6.07, 6.45) is -0.804. The van der Waals surface area contributed by atoms with E-state index in [0.29, 0.717) is 16.5 Å². The first kappa shape index (κ1) is 17.1. The van der Waals surface area contributed by atoms with Gasteiger partial charge in [-0.1, -0.05) is 35.9 Å². The molecule has 122 valence electrons. The van der Waals surface area contributed by atoms with Crippen molar-refractivity contribution in [3.63, 3.8) is 0 Å². The van der Waals surface area contributed by atoms with Gasteiger partial charge in [-0.25, -0.2) is 4.79 Å². The number of nitrogens with one attached hydrogen (secondary N) is 2. The van der Waals surface area contributed by atoms with Gasteiger partial charge >= 0.3 is 6.03 Å². The van der Waals surface area contributed by atoms with Gasteiger partial charge in [0.05, 0.1) is 0 Å². The van der Waals surface area contributed by atoms with Gasteiger partial charge in [-0.3, -0.25) is 0 Å². The number of benzene rings is 2. The minimum absolute atomic E-state index is 0.0816. The number of hydrogen-bond donors (Lipinski definition) is 3. The maximum absolute atomic E-state index is 11.8. The van der Waals surface area contributed by atoms with Gasteiger partial charge in [-0.15, -0.1) is 0 Å². The van der Waals surface area contributed by atoms with Gasteiger partial charge in [0.25, 0.3) is 0 Å². The summed E-state index contributed by atoms with van der Waals surface area (Å²) in [7, 11) is 0. The molecule has 0 aromatic heterocycles. The van der Waals surface area contributed by atoms with Crippen LogP contribution in [0.3, 0.4) is 0 Å². The number of carbonyl (C=O) groups excluding carboxylic acids is 1. The van der Waals surface area contributed by atoms with Crippen molar-refractivity contribution in [2.45, 2.75) is 13.0 Å². The Morgan fingerprint density at radius 1 is 1.26 bits per heavy atom. The van der Waals surface area contributed by atoms with Crippen LogP contribution in [0.2, 0.25) is 5.02 Å². The van der Waals surface area contributed by atoms with Crippen LogP contribution < -0.4 is 15.4 Å². The van der Waals surface area contributed by atoms with E-state index in [1.165, 1.54) is 0 Å². The number of halogens is 1. The van der Waals surface area contributed by atoms with Crippen LogP contribution in [-0.4, -0.2) is 30.4 Å². The Hall–Kier alpha value is -2.24. The molecule has 0 heterocycles. The first-order valence-corrected chi connectivity index (χ1v) is 7.59. The molecule has 6 heteroatoms. The SMILES string of the molecule is Cc1ccc(Cl)cc1NC(=O)NC[C@@H](O)COc1ccccc1. The molecule has 0 fully saturated rings. The third kappa shape index (κ3) is 5.81. The molecule has 2 rings (SSSR count). The molecule has 5 nitrogen and oxygen atoms in total. The highest BCUT2D eigenvalue weighted by Crippen LogP contribution is 2.19. The topological polar surface area (TPSA) is 70.6 Å². The standard InChI is InChI=1S/C17H19ClN2O3/c1-12-7-8-13(18)9-16(12)20-17(22)19-10-14(21)11-23-15-5-3-2-4-6-15/h2-9,14,21H,10-11H2,1H3,(H2,19,20,22)/t14-/m1/s1. The molecule has 0 aliphatic rings. The number of carbonyl (C=O) groups is 1. The number of aryl methyl sites for hydroxylation is 1. The van der Waals surface area contributed by atoms with Crippen LogP contribution in [-0.2, 0) is 0 Å². The van der Waals surface area contributed by atoms with E-state index in [9.17, 15) is 9.90 Å². The van der Waals surface area contributed by atoms with Crippen LogP contribution in [0.15, 0.2) is 48.5 Å². The summed E-state index contributed by atoms with van der Waals surface area (Å²) in [5.74, 6) is 0.672. The molecule has 0 bridgehead atoms. The maximum Gasteiger partial charge on any atom is 0.319 e. The Morgan fingerprint density at radius 2 is 2.00 bits per heavy atom. The van der Waals surface area contributed by atoms with Gasteiger partial charge in [0.1, 0.15) is 18.5 Å². The smallest absolute Gasteiger partial charge is 0.319 e. The van der Waals surface area contributed by atoms with Crippen LogP contribution >= 0.6 is 11.6 Å². The normalized spacial score (nSPS) is 11.6. The maximum atomic E-state index is 11.8. The second kappa shape index (κ2) is 8.41. The van der Waals surface area contributed by atoms with E-state index in [2.05, 4.69) is 10.6 Å². The van der Waals surface area contributed by atoms with Crippen LogP contribution in [0, 0.1) is 6.92 Å². The number of amides is 2. The average molecular weight is 335 g/mol. The van der Waals surface area contributed by atoms with Gasteiger partial charge in [0.2, 0.25) is 0 Å². The van der Waals surface area contributed by atoms with E-state index in [-0.39, 0.29) is 13.2 Å². The minimum atomic E-state index is -0.804. The highest BCUT2D eigenvalue weighted by atomic mass is 35.5. The lowest BCUT2D eigenvalue weighted by molar-refractivity contribution is 0.108. The number of anilines is 1. The molecule has 0 unspecified atom stereocenters. The second-order valence-corrected chi connectivity index (χ2v) is 5.51. The van der Waals surface area contributed by atoms with E-state index in [4.69, 9.17) is 16.3 Å². The quantitative estimate of drug-likeness (QED) is 0.759. The molecule has 1 atom stereocenters. The molecule has 3 N–H and O–H groups in total. The Morgan fingerprint density at radius 3 is 2.74 bits per heavy atom. The molecule has 0 aliphatic heterocycles. The highest BCUT2D eigenvalue weighted by molar-refractivity contribution is 6.31. The molecule has 2 aromatic carbocycles. The predicted molar refractivity (Wildman–Crippen MR) is 91.2 cm³/mol. The zero-order valence-electron chi connectivity index (χ0n) is 12.8. The van der Waals surface area contributed by atoms with Crippen molar-refractivity contribution < 1.29 is 14.6 Å². The molecule has 0 spiro atoms. The zero-order chi connectivity index (χ0) is 16.7. The van der Waals surface area contributed by atoms with Gasteiger partial charge < -0.3 is 20.5 Å². The first-order valence-electron chi connectivity index (χ1n) is 7.21. The third-order valence-corrected chi connectivity index (χ3v) is 3.37. The van der Waals surface area contributed by atoms with Crippen molar-refractivity contribution in [3.8, 4) is 5.75 Å². The lowest BCUT2D eigenvalue weighted by Crippen LogP contribution is -2.37. The van der Waals surface area contributed by atoms with Crippen LogP contribution in [0.25, 0.3) is 0 Å². The predicted octanol–water partition coefficient (Wildman–Crippen LogP) is 3.21. The second-order valence-electron chi connectivity index (χ2n) is 5.07. The average Bonchev–Trinajstić information content (AvgIpc) is 2.55. The van der Waals surface area contributed by atoms with Gasteiger partial charge in [0.15, 0.2) is 0 Å². The fraction of sp³-hybridized carbons (Fsp3) is 0.235. The van der Waals surface area contributed by atoms with Crippen molar-refractivity contribution in [3.05, 3.63) is 59.1 Å². The van der Waals surface area contributed by atoms with Gasteiger partial charge in [0, 0.05) is 17.3 Å². The molecule has 2 amide bonds. The summed E-state index contributed by atoms with van der Waals surface area (Å²) in [5.41, 5.74) is 1.53. The summed E-state index contributed by atoms with van der Waals surface area (Å²) in [4.78, 5) is 11.8. The molecular weight excluding hydrogens is 316 g/mol. The number of aliphatic hydroxyl groups is 1. The van der Waals surface area contributed by atoms with Gasteiger partial charge in [-0.05, 0) is 36.8 Å². The minimum Gasteiger partial charge on any atom is -0.491 e. The molecule has 0 aliphatic carbocycles. The van der Waals surface area contributed by atoms with Crippen molar-refractivity contribution in [2.75, 3.05) is 18.5 Å². The molecule has 0 saturated carbocycles. The van der Waals surface area contributed by atoms with E-state index in [0.717, 1.165) is 5.56 Å². The van der Waals surface area contributed by atoms with Crippen molar-refractivity contribution >= 4 is 23.3 Å². The molecular formula is C17H19ClN2O3. The summed E-state index contributed by atoms with van der Waals surface area (Å²) in [5, 5.41) is 15.7. The van der Waals surface area contributed by atoms with Crippen molar-refractivity contribution in [2.24, 2.45) is 0 Å². The van der Waals surface area contributed by atoms with E-state index in [1.807, 2.05) is 31.2 Å². The molecule has 2 aromatic rings. The number of para-hydroxylation sites is 1. The Bertz CT molecular complexity index is 650. The molecule has 0 radical (unpaired) electrons. The number of rotatable bonds is 6. The molecule has 0 saturated heterocycles. The number of hydrogen-bond acceptors (Lipinski definition) is 3. The Kier molecular flexibility index (Phi) is 6.26. The monoisotopic (exact) mass is 334 g/mol. The van der Waals surface area contributed by atoms with Crippen molar-refractivity contribution in [1.82, 2.24) is 5.32 Å². The van der Waals surface area contributed by atoms with E-state index < -0.39 is 12.1 Å². The zero-order valence-corrected chi connectivity index (χ0v) is 13.5. The highest BCUT2D eigenvalue weighted by Gasteiger charge is 2.09. The lowest BCUT2D eigenvalue weighted by atomic mass is 10.2.